The van der Waals surface area contributed by atoms with Crippen LogP contribution in [0, 0.1) is 0 Å². The molecule has 0 aliphatic carbocycles. The Kier molecular flexibility index (Phi) is 4.02. The lowest BCUT2D eigenvalue weighted by Gasteiger charge is -2.01. The van der Waals surface area contributed by atoms with E-state index in [-0.39, 0.29) is 0 Å². The SMILES string of the molecule is Cl/C(=N\Nc1ccccc1)c1ccc(Cl)cc1. The molecule has 2 nitrogen and oxygen atoms in total. The molecule has 0 bridgehead atoms. The Labute approximate surface area is 110 Å². The van der Waals surface area contributed by atoms with Gasteiger partial charge in [-0.1, -0.05) is 53.5 Å². The summed E-state index contributed by atoms with van der Waals surface area (Å²) in [5.41, 5.74) is 4.59. The van der Waals surface area contributed by atoms with Crippen LogP contribution in [-0.4, -0.2) is 5.17 Å². The molecular formula is C13H10Cl2N2. The van der Waals surface area contributed by atoms with Crippen LogP contribution in [0.1, 0.15) is 5.56 Å². The van der Waals surface area contributed by atoms with Crippen molar-refractivity contribution in [3.8, 4) is 0 Å². The van der Waals surface area contributed by atoms with Gasteiger partial charge in [0.25, 0.3) is 0 Å². The van der Waals surface area contributed by atoms with Crippen LogP contribution < -0.4 is 5.43 Å². The second-order valence-corrected chi connectivity index (χ2v) is 4.18. The number of hydrogen-bond acceptors (Lipinski definition) is 2. The molecule has 0 fully saturated rings. The second-order valence-electron chi connectivity index (χ2n) is 3.39. The zero-order valence-corrected chi connectivity index (χ0v) is 10.4. The van der Waals surface area contributed by atoms with Gasteiger partial charge in [-0.15, -0.1) is 0 Å². The molecule has 2 aromatic rings. The van der Waals surface area contributed by atoms with E-state index in [0.717, 1.165) is 11.3 Å². The Morgan fingerprint density at radius 2 is 1.59 bits per heavy atom. The van der Waals surface area contributed by atoms with Gasteiger partial charge >= 0.3 is 0 Å². The molecule has 0 saturated carbocycles. The van der Waals surface area contributed by atoms with E-state index >= 15 is 0 Å². The lowest BCUT2D eigenvalue weighted by molar-refractivity contribution is 1.34. The third-order valence-electron chi connectivity index (χ3n) is 2.14. The van der Waals surface area contributed by atoms with E-state index in [1.807, 2.05) is 42.5 Å². The van der Waals surface area contributed by atoms with Crippen LogP contribution in [0.3, 0.4) is 0 Å². The summed E-state index contributed by atoms with van der Waals surface area (Å²) < 4.78 is 0. The van der Waals surface area contributed by atoms with Crippen LogP contribution in [-0.2, 0) is 0 Å². The first-order valence-electron chi connectivity index (χ1n) is 5.06. The van der Waals surface area contributed by atoms with Gasteiger partial charge in [-0.25, -0.2) is 0 Å². The summed E-state index contributed by atoms with van der Waals surface area (Å²) in [4.78, 5) is 0. The van der Waals surface area contributed by atoms with Crippen molar-refractivity contribution >= 4 is 34.1 Å². The van der Waals surface area contributed by atoms with E-state index in [0.29, 0.717) is 10.2 Å². The van der Waals surface area contributed by atoms with Crippen molar-refractivity contribution in [1.29, 1.82) is 0 Å². The quantitative estimate of drug-likeness (QED) is 0.647. The number of hydrazone groups is 1. The number of benzene rings is 2. The van der Waals surface area contributed by atoms with Gasteiger partial charge in [0.1, 0.15) is 0 Å². The fraction of sp³-hybridized carbons (Fsp3) is 0. The van der Waals surface area contributed by atoms with E-state index in [4.69, 9.17) is 23.2 Å². The molecule has 0 radical (unpaired) electrons. The summed E-state index contributed by atoms with van der Waals surface area (Å²) in [5.74, 6) is 0. The Balaban J connectivity index is 2.10. The number of nitrogens with one attached hydrogen (secondary N) is 1. The Morgan fingerprint density at radius 1 is 0.941 bits per heavy atom. The average molecular weight is 265 g/mol. The first kappa shape index (κ1) is 12.0. The maximum atomic E-state index is 6.05. The van der Waals surface area contributed by atoms with Gasteiger partial charge in [0.15, 0.2) is 5.17 Å². The van der Waals surface area contributed by atoms with Gasteiger partial charge < -0.3 is 0 Å². The van der Waals surface area contributed by atoms with Crippen LogP contribution in [0.4, 0.5) is 5.69 Å². The smallest absolute Gasteiger partial charge is 0.156 e. The highest BCUT2D eigenvalue weighted by atomic mass is 35.5. The number of anilines is 1. The predicted molar refractivity (Wildman–Crippen MR) is 73.9 cm³/mol. The van der Waals surface area contributed by atoms with Crippen molar-refractivity contribution in [2.24, 2.45) is 5.10 Å². The van der Waals surface area contributed by atoms with Crippen molar-refractivity contribution < 1.29 is 0 Å². The Bertz CT molecular complexity index is 507. The number of rotatable bonds is 3. The zero-order valence-electron chi connectivity index (χ0n) is 8.90. The molecule has 1 N–H and O–H groups in total. The molecule has 0 saturated heterocycles. The number of nitrogens with zero attached hydrogens (tertiary/aromatic N) is 1. The molecule has 0 spiro atoms. The maximum absolute atomic E-state index is 6.05. The van der Waals surface area contributed by atoms with Crippen LogP contribution >= 0.6 is 23.2 Å². The average Bonchev–Trinajstić information content (AvgIpc) is 2.38. The lowest BCUT2D eigenvalue weighted by atomic mass is 10.2. The van der Waals surface area contributed by atoms with Gasteiger partial charge in [-0.3, -0.25) is 5.43 Å². The van der Waals surface area contributed by atoms with Crippen LogP contribution in [0.25, 0.3) is 0 Å². The fourth-order valence-corrected chi connectivity index (χ4v) is 1.57. The van der Waals surface area contributed by atoms with E-state index in [1.165, 1.54) is 0 Å². The summed E-state index contributed by atoms with van der Waals surface area (Å²) in [7, 11) is 0. The molecule has 0 aliphatic rings. The first-order valence-corrected chi connectivity index (χ1v) is 5.81. The number of hydrogen-bond donors (Lipinski definition) is 1. The normalized spacial score (nSPS) is 11.3. The molecule has 0 aliphatic heterocycles. The molecule has 2 aromatic carbocycles. The summed E-state index contributed by atoms with van der Waals surface area (Å²) in [5, 5.41) is 5.15. The van der Waals surface area contributed by atoms with Gasteiger partial charge in [0.2, 0.25) is 0 Å². The van der Waals surface area contributed by atoms with E-state index in [1.54, 1.807) is 12.1 Å². The molecule has 4 heteroatoms. The molecule has 17 heavy (non-hydrogen) atoms. The highest BCUT2D eigenvalue weighted by Gasteiger charge is 1.99. The van der Waals surface area contributed by atoms with Crippen LogP contribution in [0.15, 0.2) is 59.7 Å². The summed E-state index contributed by atoms with van der Waals surface area (Å²) >= 11 is 11.8. The highest BCUT2D eigenvalue weighted by Crippen LogP contribution is 2.12. The third kappa shape index (κ3) is 3.48. The Morgan fingerprint density at radius 3 is 2.24 bits per heavy atom. The highest BCUT2D eigenvalue weighted by molar-refractivity contribution is 6.69. The molecule has 0 unspecified atom stereocenters. The molecule has 0 amide bonds. The van der Waals surface area contributed by atoms with Crippen molar-refractivity contribution in [1.82, 2.24) is 0 Å². The largest absolute Gasteiger partial charge is 0.277 e. The van der Waals surface area contributed by atoms with Crippen molar-refractivity contribution in [3.05, 3.63) is 65.2 Å². The van der Waals surface area contributed by atoms with Crippen molar-refractivity contribution in [2.45, 2.75) is 0 Å². The molecule has 0 aromatic heterocycles. The van der Waals surface area contributed by atoms with Crippen LogP contribution in [0.2, 0.25) is 5.02 Å². The van der Waals surface area contributed by atoms with E-state index in [2.05, 4.69) is 10.5 Å². The first-order chi connectivity index (χ1) is 8.25. The minimum Gasteiger partial charge on any atom is -0.277 e. The van der Waals surface area contributed by atoms with Gasteiger partial charge in [0, 0.05) is 10.6 Å². The minimum atomic E-state index is 0.394. The molecule has 2 rings (SSSR count). The lowest BCUT2D eigenvalue weighted by Crippen LogP contribution is -1.96. The second kappa shape index (κ2) is 5.71. The van der Waals surface area contributed by atoms with Gasteiger partial charge in [0.05, 0.1) is 5.69 Å². The Hall–Kier alpha value is -1.51. The summed E-state index contributed by atoms with van der Waals surface area (Å²) in [6, 6.07) is 16.8. The van der Waals surface area contributed by atoms with Gasteiger partial charge in [-0.2, -0.15) is 5.10 Å². The summed E-state index contributed by atoms with van der Waals surface area (Å²) in [6.07, 6.45) is 0. The molecule has 0 atom stereocenters. The molecule has 0 heterocycles. The van der Waals surface area contributed by atoms with E-state index in [9.17, 15) is 0 Å². The van der Waals surface area contributed by atoms with Crippen molar-refractivity contribution in [2.75, 3.05) is 5.43 Å². The van der Waals surface area contributed by atoms with Crippen molar-refractivity contribution in [3.63, 3.8) is 0 Å². The van der Waals surface area contributed by atoms with Gasteiger partial charge in [-0.05, 0) is 24.3 Å². The number of halogens is 2. The predicted octanol–water partition coefficient (Wildman–Crippen LogP) is 4.35. The summed E-state index contributed by atoms with van der Waals surface area (Å²) in [6.45, 7) is 0. The molecular weight excluding hydrogens is 255 g/mol. The maximum Gasteiger partial charge on any atom is 0.156 e. The fourth-order valence-electron chi connectivity index (χ4n) is 1.28. The zero-order chi connectivity index (χ0) is 12.1. The van der Waals surface area contributed by atoms with E-state index < -0.39 is 0 Å². The minimum absolute atomic E-state index is 0.394. The third-order valence-corrected chi connectivity index (χ3v) is 2.69. The molecule has 86 valence electrons. The topological polar surface area (TPSA) is 24.4 Å². The number of para-hydroxylation sites is 1. The monoisotopic (exact) mass is 264 g/mol. The van der Waals surface area contributed by atoms with Crippen LogP contribution in [0.5, 0.6) is 0 Å². The standard InChI is InChI=1S/C13H10Cl2N2/c14-11-8-6-10(7-9-11)13(15)17-16-12-4-2-1-3-5-12/h1-9,16H/b17-13-.